The molecule has 0 radical (unpaired) electrons. The van der Waals surface area contributed by atoms with Gasteiger partial charge in [0, 0.05) is 38.2 Å². The van der Waals surface area contributed by atoms with Gasteiger partial charge in [-0.15, -0.1) is 0 Å². The standard InChI is InChI=1S/C15H20N2O2/c1-11-12-7-4-5-8-13(12)17(2)14(11)15(18)16-9-6-10-19-3/h4-5,7-8H,6,9-10H2,1-3H3,(H,16,18). The number of rotatable bonds is 5. The molecule has 102 valence electrons. The minimum atomic E-state index is -0.0210. The summed E-state index contributed by atoms with van der Waals surface area (Å²) >= 11 is 0. The van der Waals surface area contributed by atoms with E-state index in [-0.39, 0.29) is 5.91 Å². The van der Waals surface area contributed by atoms with Crippen LogP contribution >= 0.6 is 0 Å². The fourth-order valence-corrected chi connectivity index (χ4v) is 2.41. The Morgan fingerprint density at radius 2 is 2.11 bits per heavy atom. The van der Waals surface area contributed by atoms with Gasteiger partial charge < -0.3 is 14.6 Å². The molecule has 1 amide bonds. The van der Waals surface area contributed by atoms with Crippen molar-refractivity contribution in [1.29, 1.82) is 0 Å². The molecule has 1 aromatic carbocycles. The molecule has 1 N–H and O–H groups in total. The van der Waals surface area contributed by atoms with E-state index in [1.54, 1.807) is 7.11 Å². The van der Waals surface area contributed by atoms with E-state index in [1.807, 2.05) is 42.8 Å². The van der Waals surface area contributed by atoms with Crippen LogP contribution in [-0.2, 0) is 11.8 Å². The van der Waals surface area contributed by atoms with E-state index in [9.17, 15) is 4.79 Å². The lowest BCUT2D eigenvalue weighted by atomic mass is 10.1. The monoisotopic (exact) mass is 260 g/mol. The minimum Gasteiger partial charge on any atom is -0.385 e. The number of carbonyl (C=O) groups excluding carboxylic acids is 1. The zero-order chi connectivity index (χ0) is 13.8. The molecule has 0 bridgehead atoms. The molecule has 0 aliphatic carbocycles. The first-order chi connectivity index (χ1) is 9.16. The summed E-state index contributed by atoms with van der Waals surface area (Å²) < 4.78 is 6.92. The molecule has 4 nitrogen and oxygen atoms in total. The number of carbonyl (C=O) groups is 1. The Morgan fingerprint density at radius 1 is 1.37 bits per heavy atom. The molecule has 0 saturated heterocycles. The maximum absolute atomic E-state index is 12.2. The second kappa shape index (κ2) is 5.89. The van der Waals surface area contributed by atoms with Crippen molar-refractivity contribution in [3.63, 3.8) is 0 Å². The van der Waals surface area contributed by atoms with Crippen LogP contribution in [0.15, 0.2) is 24.3 Å². The molecule has 1 heterocycles. The number of aryl methyl sites for hydroxylation is 2. The third-order valence-electron chi connectivity index (χ3n) is 3.39. The summed E-state index contributed by atoms with van der Waals surface area (Å²) in [6.07, 6.45) is 0.825. The summed E-state index contributed by atoms with van der Waals surface area (Å²) in [5.74, 6) is -0.0210. The van der Waals surface area contributed by atoms with Crippen molar-refractivity contribution in [2.45, 2.75) is 13.3 Å². The number of ether oxygens (including phenoxy) is 1. The molecule has 0 fully saturated rings. The Labute approximate surface area is 113 Å². The SMILES string of the molecule is COCCCNC(=O)c1c(C)c2ccccc2n1C. The Hall–Kier alpha value is -1.81. The van der Waals surface area contributed by atoms with Gasteiger partial charge in [0.2, 0.25) is 0 Å². The van der Waals surface area contributed by atoms with Gasteiger partial charge in [-0.05, 0) is 25.0 Å². The first-order valence-electron chi connectivity index (χ1n) is 6.48. The van der Waals surface area contributed by atoms with Crippen LogP contribution in [0.2, 0.25) is 0 Å². The highest BCUT2D eigenvalue weighted by atomic mass is 16.5. The first-order valence-corrected chi connectivity index (χ1v) is 6.48. The molecule has 2 rings (SSSR count). The highest BCUT2D eigenvalue weighted by molar-refractivity contribution is 6.01. The van der Waals surface area contributed by atoms with E-state index in [2.05, 4.69) is 5.32 Å². The summed E-state index contributed by atoms with van der Waals surface area (Å²) in [7, 11) is 3.59. The van der Waals surface area contributed by atoms with Crippen molar-refractivity contribution < 1.29 is 9.53 Å². The number of fused-ring (bicyclic) bond motifs is 1. The topological polar surface area (TPSA) is 43.3 Å². The van der Waals surface area contributed by atoms with Crippen molar-refractivity contribution >= 4 is 16.8 Å². The molecule has 0 spiro atoms. The minimum absolute atomic E-state index is 0.0210. The lowest BCUT2D eigenvalue weighted by Crippen LogP contribution is -2.27. The van der Waals surface area contributed by atoms with E-state index in [0.29, 0.717) is 13.2 Å². The summed E-state index contributed by atoms with van der Waals surface area (Å²) in [5, 5.41) is 4.07. The largest absolute Gasteiger partial charge is 0.385 e. The molecule has 0 aliphatic rings. The Kier molecular flexibility index (Phi) is 4.22. The number of aromatic nitrogens is 1. The van der Waals surface area contributed by atoms with Crippen LogP contribution in [0.5, 0.6) is 0 Å². The van der Waals surface area contributed by atoms with Crippen molar-refractivity contribution in [3.05, 3.63) is 35.5 Å². The van der Waals surface area contributed by atoms with Crippen molar-refractivity contribution in [3.8, 4) is 0 Å². The van der Waals surface area contributed by atoms with E-state index < -0.39 is 0 Å². The smallest absolute Gasteiger partial charge is 0.268 e. The summed E-state index contributed by atoms with van der Waals surface area (Å²) in [4.78, 5) is 12.2. The van der Waals surface area contributed by atoms with Gasteiger partial charge >= 0.3 is 0 Å². The van der Waals surface area contributed by atoms with Gasteiger partial charge in [0.15, 0.2) is 0 Å². The van der Waals surface area contributed by atoms with E-state index in [1.165, 1.54) is 0 Å². The van der Waals surface area contributed by atoms with E-state index in [0.717, 1.165) is 28.6 Å². The number of nitrogens with zero attached hydrogens (tertiary/aromatic N) is 1. The van der Waals surface area contributed by atoms with Crippen molar-refractivity contribution in [2.24, 2.45) is 7.05 Å². The molecule has 0 unspecified atom stereocenters. The van der Waals surface area contributed by atoms with Crippen LogP contribution in [0.4, 0.5) is 0 Å². The van der Waals surface area contributed by atoms with Crippen molar-refractivity contribution in [2.75, 3.05) is 20.3 Å². The van der Waals surface area contributed by atoms with Gasteiger partial charge in [0.1, 0.15) is 5.69 Å². The predicted molar refractivity (Wildman–Crippen MR) is 76.5 cm³/mol. The third kappa shape index (κ3) is 2.63. The van der Waals surface area contributed by atoms with Crippen LogP contribution < -0.4 is 5.32 Å². The number of methoxy groups -OCH3 is 1. The van der Waals surface area contributed by atoms with Crippen LogP contribution in [0.25, 0.3) is 10.9 Å². The van der Waals surface area contributed by atoms with E-state index >= 15 is 0 Å². The molecular weight excluding hydrogens is 240 g/mol. The van der Waals surface area contributed by atoms with Gasteiger partial charge in [-0.25, -0.2) is 0 Å². The third-order valence-corrected chi connectivity index (χ3v) is 3.39. The first kappa shape index (κ1) is 13.6. The van der Waals surface area contributed by atoms with Crippen LogP contribution in [0.1, 0.15) is 22.5 Å². The summed E-state index contributed by atoms with van der Waals surface area (Å²) in [6, 6.07) is 8.06. The molecule has 0 saturated carbocycles. The fourth-order valence-electron chi connectivity index (χ4n) is 2.41. The van der Waals surface area contributed by atoms with Gasteiger partial charge in [-0.1, -0.05) is 18.2 Å². The molecular formula is C15H20N2O2. The number of para-hydroxylation sites is 1. The number of benzene rings is 1. The van der Waals surface area contributed by atoms with Gasteiger partial charge in [0.25, 0.3) is 5.91 Å². The fraction of sp³-hybridized carbons (Fsp3) is 0.400. The van der Waals surface area contributed by atoms with E-state index in [4.69, 9.17) is 4.74 Å². The normalized spacial score (nSPS) is 10.9. The molecule has 4 heteroatoms. The number of amides is 1. The van der Waals surface area contributed by atoms with Crippen LogP contribution in [-0.4, -0.2) is 30.7 Å². The number of hydrogen-bond donors (Lipinski definition) is 1. The molecule has 19 heavy (non-hydrogen) atoms. The zero-order valence-corrected chi connectivity index (χ0v) is 11.7. The molecule has 0 aliphatic heterocycles. The number of hydrogen-bond acceptors (Lipinski definition) is 2. The molecule has 1 aromatic heterocycles. The Bertz CT molecular complexity index is 548. The predicted octanol–water partition coefficient (Wildman–Crippen LogP) is 2.25. The van der Waals surface area contributed by atoms with Crippen LogP contribution in [0, 0.1) is 6.92 Å². The second-order valence-corrected chi connectivity index (χ2v) is 4.65. The van der Waals surface area contributed by atoms with Crippen molar-refractivity contribution in [1.82, 2.24) is 9.88 Å². The van der Waals surface area contributed by atoms with Gasteiger partial charge in [-0.2, -0.15) is 0 Å². The Morgan fingerprint density at radius 3 is 2.79 bits per heavy atom. The van der Waals surface area contributed by atoms with Gasteiger partial charge in [-0.3, -0.25) is 4.79 Å². The van der Waals surface area contributed by atoms with Gasteiger partial charge in [0.05, 0.1) is 0 Å². The Balaban J connectivity index is 2.22. The number of nitrogens with one attached hydrogen (secondary N) is 1. The summed E-state index contributed by atoms with van der Waals surface area (Å²) in [5.41, 5.74) is 2.85. The highest BCUT2D eigenvalue weighted by Gasteiger charge is 2.17. The average Bonchev–Trinajstić information content (AvgIpc) is 2.68. The quantitative estimate of drug-likeness (QED) is 0.838. The maximum Gasteiger partial charge on any atom is 0.268 e. The van der Waals surface area contributed by atoms with Crippen LogP contribution in [0.3, 0.4) is 0 Å². The average molecular weight is 260 g/mol. The zero-order valence-electron chi connectivity index (χ0n) is 11.7. The summed E-state index contributed by atoms with van der Waals surface area (Å²) in [6.45, 7) is 3.29. The lowest BCUT2D eigenvalue weighted by molar-refractivity contribution is 0.0940. The molecule has 2 aromatic rings. The maximum atomic E-state index is 12.2. The second-order valence-electron chi connectivity index (χ2n) is 4.65. The molecule has 0 atom stereocenters. The lowest BCUT2D eigenvalue weighted by Gasteiger charge is -2.07. The highest BCUT2D eigenvalue weighted by Crippen LogP contribution is 2.24.